The predicted molar refractivity (Wildman–Crippen MR) is 44.7 cm³/mol. The molecule has 0 atom stereocenters. The van der Waals surface area contributed by atoms with E-state index in [1.165, 1.54) is 20.4 Å². The number of hydrogen-bond donors (Lipinski definition) is 0. The Kier molecular flexibility index (Phi) is 2.79. The summed E-state index contributed by atoms with van der Waals surface area (Å²) in [6, 6.07) is 0. The maximum atomic E-state index is 11.1. The number of carbonyl (C=O) groups is 1. The number of rotatable bonds is 2. The molecule has 5 nitrogen and oxygen atoms in total. The molecule has 0 unspecified atom stereocenters. The molecule has 70 valence electrons. The first-order chi connectivity index (χ1) is 6.19. The van der Waals surface area contributed by atoms with Crippen LogP contribution in [0.3, 0.4) is 0 Å². The van der Waals surface area contributed by atoms with Gasteiger partial charge < -0.3 is 9.47 Å². The summed E-state index contributed by atoms with van der Waals surface area (Å²) >= 11 is 0. The Labute approximate surface area is 75.7 Å². The van der Waals surface area contributed by atoms with Gasteiger partial charge in [-0.15, -0.1) is 0 Å². The lowest BCUT2D eigenvalue weighted by molar-refractivity contribution is 0.0591. The van der Waals surface area contributed by atoms with Gasteiger partial charge >= 0.3 is 5.97 Å². The van der Waals surface area contributed by atoms with Gasteiger partial charge in [-0.05, 0) is 6.92 Å². The molecule has 0 amide bonds. The van der Waals surface area contributed by atoms with Crippen molar-refractivity contribution in [2.24, 2.45) is 0 Å². The third-order valence-corrected chi connectivity index (χ3v) is 1.52. The van der Waals surface area contributed by atoms with Crippen LogP contribution < -0.4 is 4.74 Å². The fraction of sp³-hybridized carbons (Fsp3) is 0.375. The fourth-order valence-corrected chi connectivity index (χ4v) is 0.822. The first-order valence-corrected chi connectivity index (χ1v) is 3.65. The number of esters is 1. The summed E-state index contributed by atoms with van der Waals surface area (Å²) in [6.07, 6.45) is 1.45. The molecule has 0 saturated heterocycles. The van der Waals surface area contributed by atoms with Crippen LogP contribution in [0.15, 0.2) is 6.20 Å². The van der Waals surface area contributed by atoms with Crippen LogP contribution in [-0.2, 0) is 4.74 Å². The van der Waals surface area contributed by atoms with E-state index in [2.05, 4.69) is 14.7 Å². The van der Waals surface area contributed by atoms with E-state index in [4.69, 9.17) is 4.74 Å². The number of carbonyl (C=O) groups excluding carboxylic acids is 1. The number of methoxy groups -OCH3 is 2. The van der Waals surface area contributed by atoms with E-state index in [-0.39, 0.29) is 5.69 Å². The monoisotopic (exact) mass is 182 g/mol. The van der Waals surface area contributed by atoms with Crippen molar-refractivity contribution >= 4 is 5.97 Å². The van der Waals surface area contributed by atoms with E-state index in [9.17, 15) is 4.79 Å². The molecule has 1 aromatic rings. The molecule has 5 heteroatoms. The van der Waals surface area contributed by atoms with E-state index in [0.717, 1.165) is 0 Å². The quantitative estimate of drug-likeness (QED) is 0.626. The molecule has 13 heavy (non-hydrogen) atoms. The van der Waals surface area contributed by atoms with Crippen LogP contribution in [0.25, 0.3) is 0 Å². The molecule has 1 aromatic heterocycles. The van der Waals surface area contributed by atoms with Crippen molar-refractivity contribution in [1.82, 2.24) is 9.97 Å². The number of hydrogen-bond acceptors (Lipinski definition) is 5. The average molecular weight is 182 g/mol. The van der Waals surface area contributed by atoms with Crippen LogP contribution in [0, 0.1) is 6.92 Å². The van der Waals surface area contributed by atoms with E-state index in [1.54, 1.807) is 6.92 Å². The highest BCUT2D eigenvalue weighted by Crippen LogP contribution is 2.09. The van der Waals surface area contributed by atoms with Gasteiger partial charge in [0.25, 0.3) is 0 Å². The minimum Gasteiger partial charge on any atom is -0.480 e. The van der Waals surface area contributed by atoms with Crippen molar-refractivity contribution in [2.75, 3.05) is 14.2 Å². The minimum atomic E-state index is -0.510. The smallest absolute Gasteiger partial charge is 0.358 e. The van der Waals surface area contributed by atoms with Crippen LogP contribution in [0.2, 0.25) is 0 Å². The molecular formula is C8H10N2O3. The van der Waals surface area contributed by atoms with Crippen molar-refractivity contribution in [1.29, 1.82) is 0 Å². The molecule has 0 fully saturated rings. The van der Waals surface area contributed by atoms with Crippen molar-refractivity contribution in [3.63, 3.8) is 0 Å². The Bertz CT molecular complexity index is 325. The van der Waals surface area contributed by atoms with Crippen LogP contribution in [-0.4, -0.2) is 30.2 Å². The SMILES string of the molecule is COC(=O)c1nc(OC)cnc1C. The van der Waals surface area contributed by atoms with Crippen LogP contribution >= 0.6 is 0 Å². The maximum Gasteiger partial charge on any atom is 0.358 e. The summed E-state index contributed by atoms with van der Waals surface area (Å²) in [5.74, 6) is -0.213. The van der Waals surface area contributed by atoms with E-state index in [1.807, 2.05) is 0 Å². The molecule has 0 saturated carbocycles. The topological polar surface area (TPSA) is 61.3 Å². The molecule has 0 N–H and O–H groups in total. The largest absolute Gasteiger partial charge is 0.480 e. The molecular weight excluding hydrogens is 172 g/mol. The predicted octanol–water partition coefficient (Wildman–Crippen LogP) is 0.580. The molecule has 0 aromatic carbocycles. The Balaban J connectivity index is 3.11. The zero-order valence-electron chi connectivity index (χ0n) is 7.70. The maximum absolute atomic E-state index is 11.1. The lowest BCUT2D eigenvalue weighted by atomic mass is 10.3. The van der Waals surface area contributed by atoms with Crippen LogP contribution in [0.5, 0.6) is 5.88 Å². The van der Waals surface area contributed by atoms with Crippen LogP contribution in [0.4, 0.5) is 0 Å². The molecule has 1 heterocycles. The van der Waals surface area contributed by atoms with Crippen molar-refractivity contribution < 1.29 is 14.3 Å². The highest BCUT2D eigenvalue weighted by Gasteiger charge is 2.12. The van der Waals surface area contributed by atoms with Crippen LogP contribution in [0.1, 0.15) is 16.2 Å². The van der Waals surface area contributed by atoms with Gasteiger partial charge in [-0.25, -0.2) is 9.78 Å². The lowest BCUT2D eigenvalue weighted by Gasteiger charge is -2.03. The zero-order valence-corrected chi connectivity index (χ0v) is 7.70. The van der Waals surface area contributed by atoms with E-state index in [0.29, 0.717) is 11.6 Å². The van der Waals surface area contributed by atoms with Gasteiger partial charge in [-0.3, -0.25) is 4.98 Å². The molecule has 0 aliphatic heterocycles. The third-order valence-electron chi connectivity index (χ3n) is 1.52. The summed E-state index contributed by atoms with van der Waals surface area (Å²) < 4.78 is 9.34. The highest BCUT2D eigenvalue weighted by molar-refractivity contribution is 5.88. The standard InChI is InChI=1S/C8H10N2O3/c1-5-7(8(11)13-3)10-6(12-2)4-9-5/h4H,1-3H3. The fourth-order valence-electron chi connectivity index (χ4n) is 0.822. The van der Waals surface area contributed by atoms with Gasteiger partial charge in [0.1, 0.15) is 0 Å². The zero-order chi connectivity index (χ0) is 9.84. The summed E-state index contributed by atoms with van der Waals surface area (Å²) in [5.41, 5.74) is 0.703. The summed E-state index contributed by atoms with van der Waals surface area (Å²) in [5, 5.41) is 0. The summed E-state index contributed by atoms with van der Waals surface area (Å²) in [7, 11) is 2.75. The normalized spacial score (nSPS) is 9.46. The summed E-state index contributed by atoms with van der Waals surface area (Å²) in [6.45, 7) is 1.68. The molecule has 0 bridgehead atoms. The molecule has 0 spiro atoms. The lowest BCUT2D eigenvalue weighted by Crippen LogP contribution is -2.09. The second-order valence-electron chi connectivity index (χ2n) is 2.34. The average Bonchev–Trinajstić information content (AvgIpc) is 2.17. The first-order valence-electron chi connectivity index (χ1n) is 3.65. The Morgan fingerprint density at radius 1 is 1.46 bits per heavy atom. The number of ether oxygens (including phenoxy) is 2. The summed E-state index contributed by atoms with van der Waals surface area (Å²) in [4.78, 5) is 19.0. The number of aromatic nitrogens is 2. The van der Waals surface area contributed by atoms with Gasteiger partial charge in [0, 0.05) is 0 Å². The van der Waals surface area contributed by atoms with E-state index >= 15 is 0 Å². The van der Waals surface area contributed by atoms with Gasteiger partial charge in [-0.2, -0.15) is 0 Å². The molecule has 1 rings (SSSR count). The Morgan fingerprint density at radius 2 is 2.15 bits per heavy atom. The molecule has 0 aliphatic carbocycles. The number of nitrogens with zero attached hydrogens (tertiary/aromatic N) is 2. The minimum absolute atomic E-state index is 0.182. The first kappa shape index (κ1) is 9.44. The Hall–Kier alpha value is -1.65. The second-order valence-corrected chi connectivity index (χ2v) is 2.34. The highest BCUT2D eigenvalue weighted by atomic mass is 16.5. The van der Waals surface area contributed by atoms with Gasteiger partial charge in [0.05, 0.1) is 26.1 Å². The Morgan fingerprint density at radius 3 is 2.69 bits per heavy atom. The molecule has 0 aliphatic rings. The number of aryl methyl sites for hydroxylation is 1. The van der Waals surface area contributed by atoms with Gasteiger partial charge in [0.15, 0.2) is 5.69 Å². The van der Waals surface area contributed by atoms with E-state index < -0.39 is 5.97 Å². The molecule has 0 radical (unpaired) electrons. The van der Waals surface area contributed by atoms with Gasteiger partial charge in [-0.1, -0.05) is 0 Å². The van der Waals surface area contributed by atoms with Crippen molar-refractivity contribution in [3.05, 3.63) is 17.6 Å². The van der Waals surface area contributed by atoms with Crippen molar-refractivity contribution in [2.45, 2.75) is 6.92 Å². The van der Waals surface area contributed by atoms with Gasteiger partial charge in [0.2, 0.25) is 5.88 Å². The van der Waals surface area contributed by atoms with Crippen molar-refractivity contribution in [3.8, 4) is 5.88 Å². The second kappa shape index (κ2) is 3.84. The third kappa shape index (κ3) is 1.93.